The zero-order valence-electron chi connectivity index (χ0n) is 18.9. The highest BCUT2D eigenvalue weighted by Gasteiger charge is 2.44. The zero-order chi connectivity index (χ0) is 22.2. The third kappa shape index (κ3) is 4.93. The van der Waals surface area contributed by atoms with Crippen LogP contribution in [0.3, 0.4) is 0 Å². The molecule has 1 unspecified atom stereocenters. The number of esters is 1. The van der Waals surface area contributed by atoms with Gasteiger partial charge < -0.3 is 19.5 Å². The Bertz CT molecular complexity index is 859. The van der Waals surface area contributed by atoms with Crippen LogP contribution in [0.15, 0.2) is 24.3 Å². The summed E-state index contributed by atoms with van der Waals surface area (Å²) in [6.45, 7) is 13.5. The van der Waals surface area contributed by atoms with Gasteiger partial charge >= 0.3 is 5.97 Å². The summed E-state index contributed by atoms with van der Waals surface area (Å²) in [7, 11) is 0. The molecular weight excluding hydrogens is 382 g/mol. The Balaban J connectivity index is 2.01. The minimum Gasteiger partial charge on any atom is -0.458 e. The number of hydrogen-bond acceptors (Lipinski definition) is 5. The van der Waals surface area contributed by atoms with Gasteiger partial charge in [-0.05, 0) is 51.8 Å². The van der Waals surface area contributed by atoms with E-state index in [2.05, 4.69) is 11.4 Å². The van der Waals surface area contributed by atoms with Gasteiger partial charge in [0.1, 0.15) is 6.10 Å². The number of nitrogens with one attached hydrogen (secondary N) is 1. The van der Waals surface area contributed by atoms with E-state index in [4.69, 9.17) is 14.2 Å². The summed E-state index contributed by atoms with van der Waals surface area (Å²) in [6.07, 6.45) is 3.30. The normalized spacial score (nSPS) is 33.0. The molecule has 1 N–H and O–H groups in total. The van der Waals surface area contributed by atoms with Crippen LogP contribution in [0.4, 0.5) is 5.69 Å². The standard InChI is InChI=1S/C24H33NO5/c1-13-10-16(4)21-18(11-13)25-20(26)12-19-22(30-24(6,7)29-19)15(3)9-8-14(2)17(5)28-23(21)27/h8-11,14-15,17,19,22H,12H2,1-7H3,(H,25,26)/b9-8-/t14-,15?,17+,19-,22-/m1/s1. The second-order valence-corrected chi connectivity index (χ2v) is 9.11. The van der Waals surface area contributed by atoms with E-state index in [1.165, 1.54) is 0 Å². The van der Waals surface area contributed by atoms with Crippen molar-refractivity contribution in [2.75, 3.05) is 5.32 Å². The molecule has 0 radical (unpaired) electrons. The molecule has 0 aliphatic carbocycles. The number of ether oxygens (including phenoxy) is 3. The van der Waals surface area contributed by atoms with Crippen molar-refractivity contribution in [2.24, 2.45) is 11.8 Å². The average molecular weight is 416 g/mol. The van der Waals surface area contributed by atoms with Gasteiger partial charge in [-0.15, -0.1) is 0 Å². The third-order valence-electron chi connectivity index (χ3n) is 5.84. The number of benzene rings is 1. The number of cyclic esters (lactones) is 1. The molecule has 2 aliphatic rings. The maximum absolute atomic E-state index is 13.0. The van der Waals surface area contributed by atoms with Crippen molar-refractivity contribution in [2.45, 2.75) is 79.0 Å². The smallest absolute Gasteiger partial charge is 0.340 e. The van der Waals surface area contributed by atoms with Gasteiger partial charge in [0, 0.05) is 11.8 Å². The second kappa shape index (κ2) is 8.52. The van der Waals surface area contributed by atoms with Crippen molar-refractivity contribution in [1.82, 2.24) is 0 Å². The molecule has 1 aromatic rings. The van der Waals surface area contributed by atoms with Crippen LogP contribution < -0.4 is 5.32 Å². The lowest BCUT2D eigenvalue weighted by Gasteiger charge is -2.24. The molecule has 1 saturated heterocycles. The highest BCUT2D eigenvalue weighted by atomic mass is 16.8. The number of hydrogen-bond donors (Lipinski definition) is 1. The van der Waals surface area contributed by atoms with Gasteiger partial charge in [0.15, 0.2) is 5.79 Å². The van der Waals surface area contributed by atoms with Crippen molar-refractivity contribution in [3.63, 3.8) is 0 Å². The Morgan fingerprint density at radius 3 is 2.37 bits per heavy atom. The first kappa shape index (κ1) is 22.5. The van der Waals surface area contributed by atoms with Crippen LogP contribution in [0.25, 0.3) is 0 Å². The number of amides is 1. The largest absolute Gasteiger partial charge is 0.458 e. The molecule has 6 nitrogen and oxygen atoms in total. The van der Waals surface area contributed by atoms with E-state index >= 15 is 0 Å². The summed E-state index contributed by atoms with van der Waals surface area (Å²) in [4.78, 5) is 25.9. The summed E-state index contributed by atoms with van der Waals surface area (Å²) in [5, 5.41) is 2.91. The number of aryl methyl sites for hydroxylation is 2. The lowest BCUT2D eigenvalue weighted by Crippen LogP contribution is -2.33. The molecule has 0 aromatic heterocycles. The predicted octanol–water partition coefficient (Wildman–Crippen LogP) is 4.54. The predicted molar refractivity (Wildman–Crippen MR) is 115 cm³/mol. The summed E-state index contributed by atoms with van der Waals surface area (Å²) in [6, 6.07) is 3.72. The molecule has 2 heterocycles. The first-order valence-electron chi connectivity index (χ1n) is 10.6. The number of rotatable bonds is 0. The highest BCUT2D eigenvalue weighted by molar-refractivity contribution is 6.02. The highest BCUT2D eigenvalue weighted by Crippen LogP contribution is 2.35. The van der Waals surface area contributed by atoms with E-state index in [0.29, 0.717) is 11.3 Å². The maximum Gasteiger partial charge on any atom is 0.340 e. The van der Waals surface area contributed by atoms with Gasteiger partial charge in [-0.3, -0.25) is 4.79 Å². The SMILES string of the molecule is Cc1cc(C)c2c(c1)NC(=O)C[C@H]1OC(C)(C)O[C@@H]1C(C)/C=C\[C@@H](C)[C@H](C)OC2=O. The molecule has 2 aliphatic heterocycles. The fourth-order valence-corrected chi connectivity index (χ4v) is 4.14. The van der Waals surface area contributed by atoms with E-state index in [-0.39, 0.29) is 42.5 Å². The molecule has 0 spiro atoms. The molecule has 1 amide bonds. The zero-order valence-corrected chi connectivity index (χ0v) is 18.9. The van der Waals surface area contributed by atoms with Crippen LogP contribution in [0.2, 0.25) is 0 Å². The monoisotopic (exact) mass is 415 g/mol. The van der Waals surface area contributed by atoms with E-state index in [1.807, 2.05) is 60.6 Å². The Labute approximate surface area is 179 Å². The molecule has 3 rings (SSSR count). The van der Waals surface area contributed by atoms with Crippen LogP contribution in [0.5, 0.6) is 0 Å². The van der Waals surface area contributed by atoms with Gasteiger partial charge in [0.25, 0.3) is 0 Å². The fraction of sp³-hybridized carbons (Fsp3) is 0.583. The third-order valence-corrected chi connectivity index (χ3v) is 5.84. The van der Waals surface area contributed by atoms with Gasteiger partial charge in [-0.2, -0.15) is 0 Å². The molecule has 30 heavy (non-hydrogen) atoms. The lowest BCUT2D eigenvalue weighted by atomic mass is 9.94. The minimum absolute atomic E-state index is 0.0249. The molecule has 5 atom stereocenters. The van der Waals surface area contributed by atoms with Crippen molar-refractivity contribution < 1.29 is 23.8 Å². The van der Waals surface area contributed by atoms with Crippen LogP contribution in [-0.2, 0) is 19.0 Å². The van der Waals surface area contributed by atoms with Crippen LogP contribution in [0.1, 0.15) is 62.5 Å². The molecule has 6 heteroatoms. The van der Waals surface area contributed by atoms with Crippen LogP contribution in [0, 0.1) is 25.7 Å². The number of fused-ring (bicyclic) bond motifs is 2. The van der Waals surface area contributed by atoms with Crippen molar-refractivity contribution in [3.05, 3.63) is 41.0 Å². The topological polar surface area (TPSA) is 73.9 Å². The van der Waals surface area contributed by atoms with E-state index in [0.717, 1.165) is 11.1 Å². The van der Waals surface area contributed by atoms with Crippen molar-refractivity contribution in [3.8, 4) is 0 Å². The summed E-state index contributed by atoms with van der Waals surface area (Å²) < 4.78 is 17.9. The van der Waals surface area contributed by atoms with E-state index in [9.17, 15) is 9.59 Å². The lowest BCUT2D eigenvalue weighted by molar-refractivity contribution is -0.150. The molecule has 0 bridgehead atoms. The number of anilines is 1. The van der Waals surface area contributed by atoms with E-state index < -0.39 is 11.8 Å². The summed E-state index contributed by atoms with van der Waals surface area (Å²) >= 11 is 0. The second-order valence-electron chi connectivity index (χ2n) is 9.11. The van der Waals surface area contributed by atoms with Crippen LogP contribution >= 0.6 is 0 Å². The minimum atomic E-state index is -0.755. The fourth-order valence-electron chi connectivity index (χ4n) is 4.14. The quantitative estimate of drug-likeness (QED) is 0.497. The Morgan fingerprint density at radius 1 is 1.00 bits per heavy atom. The van der Waals surface area contributed by atoms with Gasteiger partial charge in [-0.1, -0.05) is 32.1 Å². The molecule has 0 saturated carbocycles. The molecule has 1 aromatic carbocycles. The van der Waals surface area contributed by atoms with Crippen molar-refractivity contribution >= 4 is 17.6 Å². The van der Waals surface area contributed by atoms with E-state index in [1.54, 1.807) is 6.07 Å². The summed E-state index contributed by atoms with van der Waals surface area (Å²) in [5.74, 6) is -1.35. The van der Waals surface area contributed by atoms with Gasteiger partial charge in [-0.25, -0.2) is 4.79 Å². The molecule has 164 valence electrons. The average Bonchev–Trinajstić information content (AvgIpc) is 2.91. The number of carbonyl (C=O) groups is 2. The van der Waals surface area contributed by atoms with Crippen molar-refractivity contribution in [1.29, 1.82) is 0 Å². The Kier molecular flexibility index (Phi) is 6.39. The number of carbonyl (C=O) groups excluding carboxylic acids is 2. The summed E-state index contributed by atoms with van der Waals surface area (Å²) in [5.41, 5.74) is 2.59. The maximum atomic E-state index is 13.0. The molecular formula is C24H33NO5. The van der Waals surface area contributed by atoms with Gasteiger partial charge in [0.05, 0.1) is 29.9 Å². The Hall–Kier alpha value is -2.18. The van der Waals surface area contributed by atoms with Gasteiger partial charge in [0.2, 0.25) is 5.91 Å². The Morgan fingerprint density at radius 2 is 1.67 bits per heavy atom. The first-order chi connectivity index (χ1) is 14.0. The first-order valence-corrected chi connectivity index (χ1v) is 10.6. The molecule has 1 fully saturated rings. The van der Waals surface area contributed by atoms with Crippen LogP contribution in [-0.4, -0.2) is 36.0 Å².